The van der Waals surface area contributed by atoms with Crippen molar-refractivity contribution in [1.82, 2.24) is 0 Å². The van der Waals surface area contributed by atoms with Crippen LogP contribution in [0.25, 0.3) is 32.3 Å². The molecule has 0 amide bonds. The Morgan fingerprint density at radius 3 is 1.09 bits per heavy atom. The Balaban J connectivity index is 1.54. The summed E-state index contributed by atoms with van der Waals surface area (Å²) in [5.74, 6) is 0. The van der Waals surface area contributed by atoms with E-state index in [0.717, 1.165) is 55.7 Å². The number of nitrogens with zero attached hydrogens (tertiary/aromatic N) is 3. The zero-order chi connectivity index (χ0) is 29.5. The van der Waals surface area contributed by atoms with Crippen molar-refractivity contribution in [2.24, 2.45) is 0 Å². The summed E-state index contributed by atoms with van der Waals surface area (Å²) < 4.78 is 0. The Morgan fingerprint density at radius 1 is 0.386 bits per heavy atom. The van der Waals surface area contributed by atoms with Crippen molar-refractivity contribution < 1.29 is 0 Å². The van der Waals surface area contributed by atoms with Gasteiger partial charge < -0.3 is 9.80 Å². The molecule has 0 aromatic heterocycles. The van der Waals surface area contributed by atoms with Crippen LogP contribution < -0.4 is 9.80 Å². The van der Waals surface area contributed by atoms with Crippen LogP contribution in [0.15, 0.2) is 164 Å². The fourth-order valence-corrected chi connectivity index (χ4v) is 6.48. The van der Waals surface area contributed by atoms with E-state index >= 15 is 0 Å². The lowest BCUT2D eigenvalue weighted by Gasteiger charge is -2.32. The first-order valence-electron chi connectivity index (χ1n) is 14.8. The first-order chi connectivity index (χ1) is 21.8. The lowest BCUT2D eigenvalue weighted by Crippen LogP contribution is -2.14. The fourth-order valence-electron chi connectivity index (χ4n) is 6.48. The third kappa shape index (κ3) is 4.21. The number of hydrogen-bond acceptors (Lipinski definition) is 3. The van der Waals surface area contributed by atoms with E-state index in [4.69, 9.17) is 0 Å². The summed E-state index contributed by atoms with van der Waals surface area (Å²) in [6.07, 6.45) is 0. The Hall–Kier alpha value is -6.11. The molecule has 44 heavy (non-hydrogen) atoms. The molecule has 0 spiro atoms. The first-order valence-corrected chi connectivity index (χ1v) is 14.8. The van der Waals surface area contributed by atoms with Crippen LogP contribution in [-0.2, 0) is 0 Å². The van der Waals surface area contributed by atoms with Crippen molar-refractivity contribution in [3.63, 3.8) is 0 Å². The zero-order valence-electron chi connectivity index (χ0n) is 23.9. The van der Waals surface area contributed by atoms with Crippen molar-refractivity contribution in [1.29, 1.82) is 5.26 Å². The van der Waals surface area contributed by atoms with Gasteiger partial charge in [-0.2, -0.15) is 5.26 Å². The van der Waals surface area contributed by atoms with E-state index < -0.39 is 0 Å². The smallest absolute Gasteiger partial charge is 0.0992 e. The predicted molar refractivity (Wildman–Crippen MR) is 184 cm³/mol. The summed E-state index contributed by atoms with van der Waals surface area (Å²) in [6.45, 7) is 0. The third-order valence-electron chi connectivity index (χ3n) is 8.34. The van der Waals surface area contributed by atoms with Crippen LogP contribution >= 0.6 is 0 Å². The van der Waals surface area contributed by atoms with Gasteiger partial charge in [0.2, 0.25) is 0 Å². The molecule has 0 N–H and O–H groups in total. The molecular weight excluding hydrogens is 534 g/mol. The SMILES string of the molecule is N#Cc1cc2ccc3c(N(c4ccccc4)c4ccccc4)cc(N(c4ccccc4)c4ccccc4)c4ccc(c1)c2c34. The lowest BCUT2D eigenvalue weighted by molar-refractivity contribution is 1.27. The maximum absolute atomic E-state index is 9.80. The van der Waals surface area contributed by atoms with Gasteiger partial charge >= 0.3 is 0 Å². The molecule has 0 radical (unpaired) electrons. The van der Waals surface area contributed by atoms with Crippen LogP contribution in [0, 0.1) is 11.3 Å². The van der Waals surface area contributed by atoms with Crippen molar-refractivity contribution in [3.05, 3.63) is 169 Å². The van der Waals surface area contributed by atoms with Crippen LogP contribution in [0.4, 0.5) is 34.1 Å². The monoisotopic (exact) mass is 561 g/mol. The Morgan fingerprint density at radius 2 is 0.750 bits per heavy atom. The summed E-state index contributed by atoms with van der Waals surface area (Å²) in [5.41, 5.74) is 7.16. The van der Waals surface area contributed by atoms with Gasteiger partial charge in [0.15, 0.2) is 0 Å². The maximum atomic E-state index is 9.80. The van der Waals surface area contributed by atoms with Crippen molar-refractivity contribution >= 4 is 66.4 Å². The zero-order valence-corrected chi connectivity index (χ0v) is 23.9. The molecule has 0 aliphatic carbocycles. The summed E-state index contributed by atoms with van der Waals surface area (Å²) in [6, 6.07) is 59.7. The van der Waals surface area contributed by atoms with E-state index in [1.165, 1.54) is 10.8 Å². The summed E-state index contributed by atoms with van der Waals surface area (Å²) >= 11 is 0. The number of nitriles is 1. The van der Waals surface area contributed by atoms with Crippen LogP contribution in [0.3, 0.4) is 0 Å². The topological polar surface area (TPSA) is 30.3 Å². The fraction of sp³-hybridized carbons (Fsp3) is 0. The van der Waals surface area contributed by atoms with E-state index in [2.05, 4.69) is 168 Å². The molecule has 206 valence electrons. The lowest BCUT2D eigenvalue weighted by atomic mass is 9.90. The van der Waals surface area contributed by atoms with Gasteiger partial charge in [-0.25, -0.2) is 0 Å². The molecule has 0 atom stereocenters. The molecule has 8 aromatic carbocycles. The highest BCUT2D eigenvalue weighted by atomic mass is 15.2. The maximum Gasteiger partial charge on any atom is 0.0992 e. The van der Waals surface area contributed by atoms with Gasteiger partial charge in [0.05, 0.1) is 23.0 Å². The molecule has 0 saturated carbocycles. The third-order valence-corrected chi connectivity index (χ3v) is 8.34. The highest BCUT2D eigenvalue weighted by Crippen LogP contribution is 2.50. The van der Waals surface area contributed by atoms with Gasteiger partial charge in [-0.15, -0.1) is 0 Å². The first kappa shape index (κ1) is 25.6. The molecule has 0 heterocycles. The van der Waals surface area contributed by atoms with E-state index in [1.54, 1.807) is 0 Å². The van der Waals surface area contributed by atoms with Gasteiger partial charge in [-0.1, -0.05) is 97.1 Å². The molecule has 0 aliphatic heterocycles. The van der Waals surface area contributed by atoms with Gasteiger partial charge in [0.1, 0.15) is 0 Å². The van der Waals surface area contributed by atoms with E-state index in [9.17, 15) is 5.26 Å². The predicted octanol–water partition coefficient (Wildman–Crippen LogP) is 11.4. The number of rotatable bonds is 6. The Bertz CT molecular complexity index is 2040. The highest BCUT2D eigenvalue weighted by Gasteiger charge is 2.24. The second-order valence-corrected chi connectivity index (χ2v) is 10.9. The number of hydrogen-bond donors (Lipinski definition) is 0. The van der Waals surface area contributed by atoms with Gasteiger partial charge in [0.25, 0.3) is 0 Å². The largest absolute Gasteiger partial charge is 0.310 e. The van der Waals surface area contributed by atoms with E-state index in [-0.39, 0.29) is 0 Å². The molecular formula is C41H27N3. The number of para-hydroxylation sites is 4. The number of benzene rings is 8. The van der Waals surface area contributed by atoms with E-state index in [0.29, 0.717) is 5.56 Å². The van der Waals surface area contributed by atoms with Gasteiger partial charge in [0, 0.05) is 38.9 Å². The Labute approximate surface area is 256 Å². The summed E-state index contributed by atoms with van der Waals surface area (Å²) in [4.78, 5) is 4.70. The standard InChI is InChI=1S/C41H27N3/c42-28-29-25-30-21-23-36-38(43(32-13-5-1-6-14-32)33-15-7-2-8-16-33)27-39(37-24-22-31(26-29)40(30)41(36)37)44(34-17-9-3-10-18-34)35-19-11-4-12-20-35/h1-27H. The van der Waals surface area contributed by atoms with Crippen molar-refractivity contribution in [3.8, 4) is 6.07 Å². The molecule has 0 aliphatic rings. The van der Waals surface area contributed by atoms with E-state index in [1.807, 2.05) is 12.1 Å². The average Bonchev–Trinajstić information content (AvgIpc) is 3.10. The Kier molecular flexibility index (Phi) is 6.18. The minimum Gasteiger partial charge on any atom is -0.310 e. The van der Waals surface area contributed by atoms with Crippen LogP contribution in [0.1, 0.15) is 5.56 Å². The molecule has 0 bridgehead atoms. The highest BCUT2D eigenvalue weighted by molar-refractivity contribution is 6.29. The molecule has 8 aromatic rings. The van der Waals surface area contributed by atoms with Crippen molar-refractivity contribution in [2.75, 3.05) is 9.80 Å². The molecule has 0 fully saturated rings. The van der Waals surface area contributed by atoms with Gasteiger partial charge in [-0.05, 0) is 82.9 Å². The number of anilines is 6. The molecule has 8 rings (SSSR count). The second-order valence-electron chi connectivity index (χ2n) is 10.9. The minimum absolute atomic E-state index is 0.668. The summed E-state index contributed by atoms with van der Waals surface area (Å²) in [7, 11) is 0. The quantitative estimate of drug-likeness (QED) is 0.189. The van der Waals surface area contributed by atoms with Crippen molar-refractivity contribution in [2.45, 2.75) is 0 Å². The van der Waals surface area contributed by atoms with Crippen LogP contribution in [0.2, 0.25) is 0 Å². The molecule has 3 heteroatoms. The van der Waals surface area contributed by atoms with Crippen LogP contribution in [0.5, 0.6) is 0 Å². The normalized spacial score (nSPS) is 11.2. The second kappa shape index (κ2) is 10.6. The molecule has 3 nitrogen and oxygen atoms in total. The summed E-state index contributed by atoms with van der Waals surface area (Å²) in [5, 5.41) is 16.6. The molecule has 0 unspecified atom stereocenters. The molecule has 0 saturated heterocycles. The minimum atomic E-state index is 0.668. The van der Waals surface area contributed by atoms with Gasteiger partial charge in [-0.3, -0.25) is 0 Å². The average molecular weight is 562 g/mol. The van der Waals surface area contributed by atoms with Crippen LogP contribution in [-0.4, -0.2) is 0 Å².